The van der Waals surface area contributed by atoms with Gasteiger partial charge in [0.2, 0.25) is 5.91 Å². The summed E-state index contributed by atoms with van der Waals surface area (Å²) in [5.41, 5.74) is 2.68. The Balaban J connectivity index is 0.00000481. The standard InChI is InChI=1S/C24H28N4O6S2.Na/c1-3-18-15-35-23(25-18)21(14-17-9-11-19(12-10-17)28-36(31,32)33)26-22(29)20(27-24(30)34-2)13-16-7-5-4-6-8-16;/h4-12,15,20-21,28H,3,13-14H2,1-2H3,(H,26,29)(H,27,30)(H,31,32,33);/q;+1/p-1/t20-,21-;/m0./s1. The summed E-state index contributed by atoms with van der Waals surface area (Å²) < 4.78 is 39.4. The molecule has 3 rings (SSSR count). The van der Waals surface area contributed by atoms with Crippen LogP contribution in [0.3, 0.4) is 0 Å². The average Bonchev–Trinajstić information content (AvgIpc) is 3.33. The van der Waals surface area contributed by atoms with Crippen LogP contribution in [0.4, 0.5) is 10.5 Å². The van der Waals surface area contributed by atoms with Crippen molar-refractivity contribution in [1.29, 1.82) is 0 Å². The van der Waals surface area contributed by atoms with Crippen LogP contribution in [0.15, 0.2) is 60.0 Å². The maximum absolute atomic E-state index is 13.3. The molecular weight excluding hydrogens is 527 g/mol. The van der Waals surface area contributed by atoms with Crippen LogP contribution in [0, 0.1) is 0 Å². The van der Waals surface area contributed by atoms with Crippen molar-refractivity contribution in [3.05, 3.63) is 81.8 Å². The van der Waals surface area contributed by atoms with E-state index in [0.29, 0.717) is 11.4 Å². The predicted molar refractivity (Wildman–Crippen MR) is 135 cm³/mol. The van der Waals surface area contributed by atoms with Gasteiger partial charge in [0.05, 0.1) is 18.8 Å². The number of carbonyl (C=O) groups is 2. The Kier molecular flexibility index (Phi) is 12.0. The van der Waals surface area contributed by atoms with Crippen molar-refractivity contribution in [3.8, 4) is 0 Å². The number of thiazole rings is 1. The minimum atomic E-state index is -4.63. The van der Waals surface area contributed by atoms with Crippen molar-refractivity contribution in [3.63, 3.8) is 0 Å². The summed E-state index contributed by atoms with van der Waals surface area (Å²) in [4.78, 5) is 29.9. The van der Waals surface area contributed by atoms with Crippen LogP contribution in [0.5, 0.6) is 0 Å². The Morgan fingerprint density at radius 2 is 1.68 bits per heavy atom. The maximum Gasteiger partial charge on any atom is 1.00 e. The van der Waals surface area contributed by atoms with Crippen molar-refractivity contribution < 1.29 is 56.9 Å². The third kappa shape index (κ3) is 10.1. The zero-order chi connectivity index (χ0) is 26.1. The summed E-state index contributed by atoms with van der Waals surface area (Å²) in [7, 11) is -3.40. The van der Waals surface area contributed by atoms with E-state index in [2.05, 4.69) is 15.6 Å². The van der Waals surface area contributed by atoms with Crippen LogP contribution >= 0.6 is 11.3 Å². The van der Waals surface area contributed by atoms with E-state index in [-0.39, 0.29) is 41.7 Å². The number of carbonyl (C=O) groups excluding carboxylic acids is 2. The van der Waals surface area contributed by atoms with E-state index >= 15 is 0 Å². The van der Waals surface area contributed by atoms with Crippen LogP contribution in [0.2, 0.25) is 0 Å². The van der Waals surface area contributed by atoms with Crippen LogP contribution in [0.25, 0.3) is 0 Å². The van der Waals surface area contributed by atoms with Gasteiger partial charge in [0.15, 0.2) is 10.3 Å². The quantitative estimate of drug-likeness (QED) is 0.222. The topological polar surface area (TPSA) is 150 Å². The molecule has 2 amide bonds. The van der Waals surface area contributed by atoms with E-state index < -0.39 is 34.4 Å². The number of anilines is 1. The van der Waals surface area contributed by atoms with Crippen molar-refractivity contribution in [2.45, 2.75) is 38.3 Å². The van der Waals surface area contributed by atoms with E-state index in [1.165, 1.54) is 30.6 Å². The minimum Gasteiger partial charge on any atom is -0.731 e. The van der Waals surface area contributed by atoms with E-state index in [1.54, 1.807) is 12.1 Å². The van der Waals surface area contributed by atoms with Gasteiger partial charge in [0.25, 0.3) is 0 Å². The smallest absolute Gasteiger partial charge is 0.731 e. The number of rotatable bonds is 11. The van der Waals surface area contributed by atoms with Crippen LogP contribution < -0.4 is 44.9 Å². The molecule has 2 atom stereocenters. The van der Waals surface area contributed by atoms with E-state index in [4.69, 9.17) is 4.74 Å². The Hall–Kier alpha value is -2.48. The van der Waals surface area contributed by atoms with Gasteiger partial charge >= 0.3 is 35.7 Å². The summed E-state index contributed by atoms with van der Waals surface area (Å²) in [5, 5.41) is 8.22. The molecule has 37 heavy (non-hydrogen) atoms. The molecule has 192 valence electrons. The number of hydrogen-bond donors (Lipinski definition) is 3. The van der Waals surface area contributed by atoms with E-state index in [0.717, 1.165) is 23.2 Å². The van der Waals surface area contributed by atoms with Gasteiger partial charge in [0, 0.05) is 17.5 Å². The first-order valence-electron chi connectivity index (χ1n) is 11.1. The Morgan fingerprint density at radius 3 is 2.24 bits per heavy atom. The number of nitrogens with one attached hydrogen (secondary N) is 3. The van der Waals surface area contributed by atoms with Crippen LogP contribution in [-0.4, -0.2) is 43.1 Å². The fourth-order valence-corrected chi connectivity index (χ4v) is 4.84. The first-order valence-corrected chi connectivity index (χ1v) is 13.4. The number of aryl methyl sites for hydroxylation is 1. The molecule has 0 bridgehead atoms. The van der Waals surface area contributed by atoms with Crippen molar-refractivity contribution >= 4 is 39.3 Å². The zero-order valence-corrected chi connectivity index (χ0v) is 24.4. The van der Waals surface area contributed by atoms with E-state index in [9.17, 15) is 22.6 Å². The van der Waals surface area contributed by atoms with Crippen molar-refractivity contribution in [2.24, 2.45) is 0 Å². The normalized spacial score (nSPS) is 12.5. The summed E-state index contributed by atoms with van der Waals surface area (Å²) >= 11 is 1.42. The first-order chi connectivity index (χ1) is 17.2. The second kappa shape index (κ2) is 14.5. The molecule has 0 radical (unpaired) electrons. The number of methoxy groups -OCH3 is 1. The van der Waals surface area contributed by atoms with Gasteiger partial charge in [-0.1, -0.05) is 49.4 Å². The zero-order valence-electron chi connectivity index (χ0n) is 20.8. The van der Waals surface area contributed by atoms with Gasteiger partial charge in [-0.25, -0.2) is 18.2 Å². The number of ether oxygens (including phenoxy) is 1. The van der Waals surface area contributed by atoms with Crippen molar-refractivity contribution in [2.75, 3.05) is 11.8 Å². The number of alkyl carbamates (subject to hydrolysis) is 1. The maximum atomic E-state index is 13.3. The largest absolute Gasteiger partial charge is 1.00 e. The van der Waals surface area contributed by atoms with Gasteiger partial charge in [-0.05, 0) is 36.1 Å². The second-order valence-corrected chi connectivity index (χ2v) is 9.93. The van der Waals surface area contributed by atoms with E-state index in [1.807, 2.05) is 47.4 Å². The fourth-order valence-electron chi connectivity index (χ4n) is 3.47. The Morgan fingerprint density at radius 1 is 1.03 bits per heavy atom. The molecule has 2 aromatic carbocycles. The average molecular weight is 555 g/mol. The summed E-state index contributed by atoms with van der Waals surface area (Å²) in [6.45, 7) is 1.98. The number of aromatic nitrogens is 1. The van der Waals surface area contributed by atoms with Crippen LogP contribution in [0.1, 0.15) is 34.8 Å². The molecule has 0 saturated carbocycles. The Labute approximate surface area is 242 Å². The van der Waals surface area contributed by atoms with Crippen molar-refractivity contribution in [1.82, 2.24) is 15.6 Å². The SMILES string of the molecule is CCc1csc([C@H](Cc2ccc(NS(=O)(=O)[O-])cc2)NC(=O)[C@H](Cc2ccccc2)NC(=O)OC)n1.[Na+]. The Bertz CT molecular complexity index is 1270. The molecule has 0 fully saturated rings. The summed E-state index contributed by atoms with van der Waals surface area (Å²) in [5.74, 6) is -0.404. The van der Waals surface area contributed by atoms with Crippen LogP contribution in [-0.2, 0) is 39.1 Å². The second-order valence-electron chi connectivity index (χ2n) is 7.93. The molecule has 0 aliphatic carbocycles. The molecule has 1 heterocycles. The molecular formula is C24H27N4NaO6S2. The molecule has 1 aromatic heterocycles. The molecule has 0 unspecified atom stereocenters. The van der Waals surface area contributed by atoms with Gasteiger partial charge < -0.3 is 19.9 Å². The number of benzene rings is 2. The molecule has 0 spiro atoms. The molecule has 0 saturated heterocycles. The molecule has 3 aromatic rings. The summed E-state index contributed by atoms with van der Waals surface area (Å²) in [6, 6.07) is 14.2. The molecule has 0 aliphatic heterocycles. The molecule has 13 heteroatoms. The monoisotopic (exact) mass is 554 g/mol. The minimum absolute atomic E-state index is 0. The third-order valence-corrected chi connectivity index (χ3v) is 6.75. The molecule has 3 N–H and O–H groups in total. The number of nitrogens with zero attached hydrogens (tertiary/aromatic N) is 1. The van der Waals surface area contributed by atoms with Gasteiger partial charge in [-0.15, -0.1) is 11.3 Å². The number of hydrogen-bond acceptors (Lipinski definition) is 8. The van der Waals surface area contributed by atoms with Gasteiger partial charge in [0.1, 0.15) is 11.0 Å². The van der Waals surface area contributed by atoms with Gasteiger partial charge in [-0.2, -0.15) is 0 Å². The predicted octanol–water partition coefficient (Wildman–Crippen LogP) is -0.0511. The number of amides is 2. The fraction of sp³-hybridized carbons (Fsp3) is 0.292. The molecule has 0 aliphatic rings. The third-order valence-electron chi connectivity index (χ3n) is 5.26. The first kappa shape index (κ1) is 30.7. The van der Waals surface area contributed by atoms with Gasteiger partial charge in [-0.3, -0.25) is 9.52 Å². The molecule has 10 nitrogen and oxygen atoms in total. The summed E-state index contributed by atoms with van der Waals surface area (Å²) in [6.07, 6.45) is 0.628.